The lowest BCUT2D eigenvalue weighted by molar-refractivity contribution is 1.03. The highest BCUT2D eigenvalue weighted by atomic mass is 32.2. The molecule has 0 spiro atoms. The van der Waals surface area contributed by atoms with Gasteiger partial charge in [-0.2, -0.15) is 0 Å². The number of hydrogen-bond acceptors (Lipinski definition) is 5. The van der Waals surface area contributed by atoms with Crippen molar-refractivity contribution in [2.45, 2.75) is 9.79 Å². The molecule has 5 heterocycles. The Bertz CT molecular complexity index is 4050. The molecule has 0 bridgehead atoms. The zero-order valence-corrected chi connectivity index (χ0v) is 35.7. The van der Waals surface area contributed by atoms with Gasteiger partial charge in [0.15, 0.2) is 17.5 Å². The third-order valence-corrected chi connectivity index (χ3v) is 15.0. The molecule has 0 amide bonds. The van der Waals surface area contributed by atoms with Crippen molar-refractivity contribution in [1.29, 1.82) is 0 Å². The Balaban J connectivity index is 0.922. The molecule has 0 fully saturated rings. The van der Waals surface area contributed by atoms with E-state index in [1.165, 1.54) is 73.9 Å². The van der Waals surface area contributed by atoms with Crippen molar-refractivity contribution in [2.24, 2.45) is 0 Å². The Hall–Kier alpha value is -7.84. The summed E-state index contributed by atoms with van der Waals surface area (Å²) < 4.78 is 7.41. The van der Waals surface area contributed by atoms with Crippen molar-refractivity contribution < 1.29 is 0 Å². The van der Waals surface area contributed by atoms with Crippen LogP contribution in [-0.2, 0) is 0 Å². The van der Waals surface area contributed by atoms with E-state index in [2.05, 4.69) is 209 Å². The molecule has 0 atom stereocenters. The standard InChI is InChI=1S/C57H33N5S2/c1-2-14-40(15-3-1)61-45-20-8-6-16-41(45)52-43-18-10-23-50-53(43)62(57(52)61)46-33-38(30-31-48(46)64-50)35-24-27-36(28-25-35)54-58-55(39-29-26-34-12-4-5-13-37(34)32-39)60-56(59-54)44-19-11-22-49-51(44)42-17-7-9-21-47(42)63-49/h1-33H. The van der Waals surface area contributed by atoms with E-state index in [0.717, 1.165) is 38.9 Å². The molecule has 0 N–H and O–H groups in total. The number of hydrogen-bond donors (Lipinski definition) is 0. The molecule has 0 unspecified atom stereocenters. The van der Waals surface area contributed by atoms with E-state index in [4.69, 9.17) is 15.0 Å². The number of para-hydroxylation sites is 3. The van der Waals surface area contributed by atoms with Crippen molar-refractivity contribution in [3.63, 3.8) is 0 Å². The van der Waals surface area contributed by atoms with Crippen molar-refractivity contribution >= 4 is 86.9 Å². The second kappa shape index (κ2) is 13.8. The largest absolute Gasteiger partial charge is 0.295 e. The van der Waals surface area contributed by atoms with E-state index in [0.29, 0.717) is 17.5 Å². The van der Waals surface area contributed by atoms with Gasteiger partial charge in [0.05, 0.1) is 16.7 Å². The van der Waals surface area contributed by atoms with Crippen LogP contribution >= 0.6 is 23.1 Å². The summed E-state index contributed by atoms with van der Waals surface area (Å²) in [6.45, 7) is 0. The lowest BCUT2D eigenvalue weighted by Crippen LogP contribution is -2.06. The average Bonchev–Trinajstić information content (AvgIpc) is 4.03. The van der Waals surface area contributed by atoms with Crippen LogP contribution in [0.5, 0.6) is 0 Å². The minimum atomic E-state index is 0.639. The van der Waals surface area contributed by atoms with Crippen LogP contribution in [0, 0.1) is 0 Å². The maximum absolute atomic E-state index is 5.25. The Morgan fingerprint density at radius 3 is 1.95 bits per heavy atom. The summed E-state index contributed by atoms with van der Waals surface area (Å²) in [4.78, 5) is 18.1. The molecular formula is C57H33N5S2. The first-order valence-corrected chi connectivity index (χ1v) is 23.1. The molecule has 5 nitrogen and oxygen atoms in total. The van der Waals surface area contributed by atoms with Crippen LogP contribution in [0.1, 0.15) is 0 Å². The molecule has 1 aliphatic heterocycles. The van der Waals surface area contributed by atoms with E-state index in [-0.39, 0.29) is 0 Å². The normalized spacial score (nSPS) is 12.3. The Morgan fingerprint density at radius 2 is 1.06 bits per heavy atom. The third-order valence-electron chi connectivity index (χ3n) is 12.8. The maximum atomic E-state index is 5.25. The molecule has 0 radical (unpaired) electrons. The predicted molar refractivity (Wildman–Crippen MR) is 267 cm³/mol. The number of rotatable bonds is 5. The average molecular weight is 852 g/mol. The van der Waals surface area contributed by atoms with Crippen LogP contribution < -0.4 is 0 Å². The summed E-state index contributed by atoms with van der Waals surface area (Å²) in [5, 5.41) is 8.53. The van der Waals surface area contributed by atoms with Gasteiger partial charge >= 0.3 is 0 Å². The summed E-state index contributed by atoms with van der Waals surface area (Å²) in [5.41, 5.74) is 11.1. The highest BCUT2D eigenvalue weighted by molar-refractivity contribution is 7.99. The smallest absolute Gasteiger partial charge is 0.164 e. The highest BCUT2D eigenvalue weighted by Gasteiger charge is 2.28. The SMILES string of the molecule is c1ccc(-n2c3ccccc3c3c4cccc5c4n(c32)-c2cc(-c3ccc(-c4nc(-c6ccc7ccccc7c6)nc(-c6cccc7sc8ccccc8c67)n4)cc3)ccc2S5)cc1. The Morgan fingerprint density at radius 1 is 0.391 bits per heavy atom. The van der Waals surface area contributed by atoms with Gasteiger partial charge in [0.25, 0.3) is 0 Å². The van der Waals surface area contributed by atoms with Gasteiger partial charge < -0.3 is 0 Å². The molecule has 0 saturated carbocycles. The van der Waals surface area contributed by atoms with Gasteiger partial charge in [-0.1, -0.05) is 157 Å². The lowest BCUT2D eigenvalue weighted by Gasteiger charge is -2.22. The van der Waals surface area contributed by atoms with Gasteiger partial charge in [0, 0.05) is 68.5 Å². The lowest BCUT2D eigenvalue weighted by atomic mass is 10.0. The predicted octanol–water partition coefficient (Wildman–Crippen LogP) is 15.6. The first-order valence-electron chi connectivity index (χ1n) is 21.4. The number of nitrogens with zero attached hydrogens (tertiary/aromatic N) is 5. The van der Waals surface area contributed by atoms with Gasteiger partial charge in [-0.3, -0.25) is 9.13 Å². The first kappa shape index (κ1) is 35.7. The maximum Gasteiger partial charge on any atom is 0.164 e. The molecule has 298 valence electrons. The van der Waals surface area contributed by atoms with Crippen molar-refractivity contribution in [1.82, 2.24) is 24.1 Å². The molecule has 0 saturated heterocycles. The zero-order valence-electron chi connectivity index (χ0n) is 34.1. The van der Waals surface area contributed by atoms with E-state index >= 15 is 0 Å². The minimum Gasteiger partial charge on any atom is -0.295 e. The van der Waals surface area contributed by atoms with E-state index in [1.54, 1.807) is 11.3 Å². The molecule has 7 heteroatoms. The summed E-state index contributed by atoms with van der Waals surface area (Å²) in [5.74, 6) is 1.95. The fraction of sp³-hybridized carbons (Fsp3) is 0. The molecule has 13 aromatic rings. The van der Waals surface area contributed by atoms with E-state index < -0.39 is 0 Å². The second-order valence-electron chi connectivity index (χ2n) is 16.4. The monoisotopic (exact) mass is 851 g/mol. The molecule has 1 aliphatic rings. The van der Waals surface area contributed by atoms with Gasteiger partial charge in [0.2, 0.25) is 0 Å². The van der Waals surface area contributed by atoms with Crippen molar-refractivity contribution in [3.8, 4) is 56.7 Å². The topological polar surface area (TPSA) is 48.5 Å². The number of thiophene rings is 1. The van der Waals surface area contributed by atoms with Crippen LogP contribution in [0.2, 0.25) is 0 Å². The molecule has 0 aliphatic carbocycles. The fourth-order valence-corrected chi connectivity index (χ4v) is 12.1. The van der Waals surface area contributed by atoms with Crippen LogP contribution in [0.4, 0.5) is 0 Å². The van der Waals surface area contributed by atoms with E-state index in [1.807, 2.05) is 11.8 Å². The van der Waals surface area contributed by atoms with Crippen molar-refractivity contribution in [2.75, 3.05) is 0 Å². The van der Waals surface area contributed by atoms with Gasteiger partial charge in [-0.05, 0) is 76.5 Å². The molecular weight excluding hydrogens is 819 g/mol. The van der Waals surface area contributed by atoms with Crippen molar-refractivity contribution in [3.05, 3.63) is 200 Å². The number of fused-ring (bicyclic) bond motifs is 11. The summed E-state index contributed by atoms with van der Waals surface area (Å²) in [6.07, 6.45) is 0. The third kappa shape index (κ3) is 5.35. The minimum absolute atomic E-state index is 0.639. The van der Waals surface area contributed by atoms with Crippen LogP contribution in [0.25, 0.3) is 120 Å². The fourth-order valence-electron chi connectivity index (χ4n) is 9.85. The molecule has 64 heavy (non-hydrogen) atoms. The van der Waals surface area contributed by atoms with Gasteiger partial charge in [-0.25, -0.2) is 15.0 Å². The highest BCUT2D eigenvalue weighted by Crippen LogP contribution is 2.50. The Labute approximate surface area is 375 Å². The van der Waals surface area contributed by atoms with E-state index in [9.17, 15) is 0 Å². The number of aromatic nitrogens is 5. The molecule has 9 aromatic carbocycles. The van der Waals surface area contributed by atoms with Crippen LogP contribution in [0.3, 0.4) is 0 Å². The summed E-state index contributed by atoms with van der Waals surface area (Å²) in [7, 11) is 0. The molecule has 4 aromatic heterocycles. The second-order valence-corrected chi connectivity index (χ2v) is 18.5. The quantitative estimate of drug-likeness (QED) is 0.173. The number of benzene rings is 9. The van der Waals surface area contributed by atoms with Crippen LogP contribution in [-0.4, -0.2) is 24.1 Å². The zero-order chi connectivity index (χ0) is 41.9. The first-order chi connectivity index (χ1) is 31.7. The molecule has 14 rings (SSSR count). The summed E-state index contributed by atoms with van der Waals surface area (Å²) >= 11 is 3.66. The summed E-state index contributed by atoms with van der Waals surface area (Å²) in [6, 6.07) is 71.8. The van der Waals surface area contributed by atoms with Gasteiger partial charge in [-0.15, -0.1) is 11.3 Å². The van der Waals surface area contributed by atoms with Crippen LogP contribution in [0.15, 0.2) is 210 Å². The Kier molecular flexibility index (Phi) is 7.72. The van der Waals surface area contributed by atoms with Gasteiger partial charge in [0.1, 0.15) is 5.65 Å².